The summed E-state index contributed by atoms with van der Waals surface area (Å²) in [5, 5.41) is 6.95. The van der Waals surface area contributed by atoms with Crippen molar-refractivity contribution in [3.8, 4) is 11.5 Å². The van der Waals surface area contributed by atoms with Gasteiger partial charge in [0.05, 0.1) is 44.1 Å². The summed E-state index contributed by atoms with van der Waals surface area (Å²) in [4.78, 5) is 16.1. The van der Waals surface area contributed by atoms with Gasteiger partial charge in [0.25, 0.3) is 0 Å². The highest BCUT2D eigenvalue weighted by atomic mass is 16.7. The van der Waals surface area contributed by atoms with E-state index in [4.69, 9.17) is 28.6 Å². The molecule has 2 atom stereocenters. The van der Waals surface area contributed by atoms with Crippen LogP contribution in [0.1, 0.15) is 57.7 Å². The fourth-order valence-electron chi connectivity index (χ4n) is 6.06. The number of carbonyl (C=O) groups is 1. The minimum absolute atomic E-state index is 0.0137. The SMILES string of the molecule is COc1ccc(CN2C(=O)C3C=NN(C4CCOCC4)C3c3ccc(B4OC(C)(C)C(C)(C)O4)cc32)c(OC)c1. The van der Waals surface area contributed by atoms with Crippen molar-refractivity contribution in [3.05, 3.63) is 47.5 Å². The van der Waals surface area contributed by atoms with E-state index in [9.17, 15) is 4.79 Å². The van der Waals surface area contributed by atoms with Crippen molar-refractivity contribution in [2.24, 2.45) is 11.0 Å². The molecule has 2 fully saturated rings. The Balaban J connectivity index is 1.42. The van der Waals surface area contributed by atoms with Crippen LogP contribution in [0.3, 0.4) is 0 Å². The topological polar surface area (TPSA) is 82.1 Å². The molecule has 4 heterocycles. The molecule has 0 aliphatic carbocycles. The van der Waals surface area contributed by atoms with Crippen LogP contribution < -0.4 is 19.8 Å². The van der Waals surface area contributed by atoms with Gasteiger partial charge in [0, 0.05) is 42.3 Å². The molecule has 212 valence electrons. The third-order valence-electron chi connectivity index (χ3n) is 9.11. The number of hydrazone groups is 1. The highest BCUT2D eigenvalue weighted by molar-refractivity contribution is 6.62. The molecule has 1 amide bonds. The molecule has 4 aliphatic heterocycles. The Bertz CT molecular complexity index is 1310. The van der Waals surface area contributed by atoms with E-state index in [0.29, 0.717) is 31.3 Å². The summed E-state index contributed by atoms with van der Waals surface area (Å²) in [7, 11) is 2.72. The molecule has 0 radical (unpaired) electrons. The number of hydrogen-bond acceptors (Lipinski definition) is 8. The lowest BCUT2D eigenvalue weighted by Gasteiger charge is -2.42. The maximum atomic E-state index is 14.2. The van der Waals surface area contributed by atoms with Gasteiger partial charge in [0.1, 0.15) is 17.4 Å². The summed E-state index contributed by atoms with van der Waals surface area (Å²) >= 11 is 0. The molecule has 2 aromatic rings. The summed E-state index contributed by atoms with van der Waals surface area (Å²) in [6, 6.07) is 12.0. The Morgan fingerprint density at radius 3 is 2.40 bits per heavy atom. The quantitative estimate of drug-likeness (QED) is 0.511. The van der Waals surface area contributed by atoms with Crippen molar-refractivity contribution >= 4 is 30.4 Å². The lowest BCUT2D eigenvalue weighted by molar-refractivity contribution is -0.122. The Labute approximate surface area is 236 Å². The van der Waals surface area contributed by atoms with Crippen LogP contribution in [-0.4, -0.2) is 68.9 Å². The van der Waals surface area contributed by atoms with Gasteiger partial charge >= 0.3 is 7.12 Å². The summed E-state index contributed by atoms with van der Waals surface area (Å²) in [5.41, 5.74) is 2.75. The van der Waals surface area contributed by atoms with Crippen LogP contribution >= 0.6 is 0 Å². The highest BCUT2D eigenvalue weighted by Crippen LogP contribution is 2.46. The molecule has 0 bridgehead atoms. The number of fused-ring (bicyclic) bond motifs is 3. The van der Waals surface area contributed by atoms with Crippen LogP contribution in [0.2, 0.25) is 0 Å². The van der Waals surface area contributed by atoms with E-state index in [0.717, 1.165) is 35.1 Å². The van der Waals surface area contributed by atoms with Crippen molar-refractivity contribution in [3.63, 3.8) is 0 Å². The second-order valence-electron chi connectivity index (χ2n) is 12.0. The number of hydrogen-bond donors (Lipinski definition) is 0. The standard InChI is InChI=1S/C30H38BN3O6/c1-29(2)30(3,4)40-31(39-29)20-8-10-23-25(15-20)33(18-19-7-9-22(36-5)16-26(19)37-6)28(35)24-17-32-34(27(23)24)21-11-13-38-14-12-21/h7-10,15-17,21,24,27H,11-14,18H2,1-6H3. The minimum atomic E-state index is -0.535. The van der Waals surface area contributed by atoms with Gasteiger partial charge in [-0.05, 0) is 64.2 Å². The largest absolute Gasteiger partial charge is 0.497 e. The van der Waals surface area contributed by atoms with E-state index >= 15 is 0 Å². The van der Waals surface area contributed by atoms with Gasteiger partial charge in [-0.2, -0.15) is 5.10 Å². The summed E-state index contributed by atoms with van der Waals surface area (Å²) in [6.45, 7) is 9.94. The number of carbonyl (C=O) groups excluding carboxylic acids is 1. The van der Waals surface area contributed by atoms with E-state index in [-0.39, 0.29) is 23.9 Å². The van der Waals surface area contributed by atoms with Crippen LogP contribution in [-0.2, 0) is 25.4 Å². The molecule has 2 unspecified atom stereocenters. The Hall–Kier alpha value is -3.08. The first-order valence-electron chi connectivity index (χ1n) is 14.1. The fourth-order valence-corrected chi connectivity index (χ4v) is 6.06. The molecule has 4 aliphatic rings. The zero-order chi connectivity index (χ0) is 28.2. The van der Waals surface area contributed by atoms with E-state index in [1.807, 2.05) is 57.0 Å². The first-order chi connectivity index (χ1) is 19.1. The van der Waals surface area contributed by atoms with Gasteiger partial charge in [0.2, 0.25) is 5.91 Å². The van der Waals surface area contributed by atoms with Gasteiger partial charge < -0.3 is 28.4 Å². The molecule has 0 saturated carbocycles. The minimum Gasteiger partial charge on any atom is -0.497 e. The number of rotatable bonds is 6. The zero-order valence-electron chi connectivity index (χ0n) is 24.2. The lowest BCUT2D eigenvalue weighted by atomic mass is 9.76. The van der Waals surface area contributed by atoms with Crippen molar-refractivity contribution < 1.29 is 28.3 Å². The van der Waals surface area contributed by atoms with Crippen LogP contribution in [0.5, 0.6) is 11.5 Å². The number of ether oxygens (including phenoxy) is 3. The molecule has 2 aromatic carbocycles. The highest BCUT2D eigenvalue weighted by Gasteiger charge is 2.53. The fraction of sp³-hybridized carbons (Fsp3) is 0.533. The molecule has 10 heteroatoms. The number of nitrogens with zero attached hydrogens (tertiary/aromatic N) is 3. The van der Waals surface area contributed by atoms with Gasteiger partial charge in [0.15, 0.2) is 0 Å². The molecule has 6 rings (SSSR count). The van der Waals surface area contributed by atoms with Gasteiger partial charge in [-0.3, -0.25) is 9.80 Å². The van der Waals surface area contributed by atoms with Gasteiger partial charge in [-0.1, -0.05) is 12.1 Å². The average molecular weight is 547 g/mol. The van der Waals surface area contributed by atoms with Crippen LogP contribution in [0.4, 0.5) is 5.69 Å². The normalized spacial score (nSPS) is 25.2. The number of methoxy groups -OCH3 is 2. The molecule has 2 saturated heterocycles. The third kappa shape index (κ3) is 4.46. The number of benzene rings is 2. The molecule has 0 spiro atoms. The van der Waals surface area contributed by atoms with Crippen LogP contribution in [0.25, 0.3) is 0 Å². The zero-order valence-corrected chi connectivity index (χ0v) is 24.2. The predicted molar refractivity (Wildman–Crippen MR) is 153 cm³/mol. The second kappa shape index (κ2) is 10.1. The second-order valence-corrected chi connectivity index (χ2v) is 12.0. The number of anilines is 1. The first-order valence-corrected chi connectivity index (χ1v) is 14.1. The molecule has 40 heavy (non-hydrogen) atoms. The average Bonchev–Trinajstić information content (AvgIpc) is 3.49. The van der Waals surface area contributed by atoms with Gasteiger partial charge in [-0.25, -0.2) is 0 Å². The van der Waals surface area contributed by atoms with E-state index in [1.165, 1.54) is 0 Å². The Kier molecular flexibility index (Phi) is 6.83. The molecule has 9 nitrogen and oxygen atoms in total. The summed E-state index contributed by atoms with van der Waals surface area (Å²) in [5.74, 6) is 1.01. The van der Waals surface area contributed by atoms with Crippen molar-refractivity contribution in [2.45, 2.75) is 70.4 Å². The first kappa shape index (κ1) is 27.1. The molecule has 0 N–H and O–H groups in total. The maximum absolute atomic E-state index is 14.2. The molecular weight excluding hydrogens is 509 g/mol. The maximum Gasteiger partial charge on any atom is 0.494 e. The summed E-state index contributed by atoms with van der Waals surface area (Å²) in [6.07, 6.45) is 3.61. The van der Waals surface area contributed by atoms with Crippen LogP contribution in [0, 0.1) is 5.92 Å². The Morgan fingerprint density at radius 2 is 1.73 bits per heavy atom. The molecular formula is C30H38BN3O6. The van der Waals surface area contributed by atoms with E-state index in [2.05, 4.69) is 23.2 Å². The van der Waals surface area contributed by atoms with Crippen molar-refractivity contribution in [1.82, 2.24) is 5.01 Å². The smallest absolute Gasteiger partial charge is 0.494 e. The summed E-state index contributed by atoms with van der Waals surface area (Å²) < 4.78 is 29.4. The van der Waals surface area contributed by atoms with E-state index in [1.54, 1.807) is 14.2 Å². The van der Waals surface area contributed by atoms with Crippen molar-refractivity contribution in [2.75, 3.05) is 32.3 Å². The number of amides is 1. The predicted octanol–water partition coefficient (Wildman–Crippen LogP) is 3.69. The monoisotopic (exact) mass is 547 g/mol. The van der Waals surface area contributed by atoms with Crippen molar-refractivity contribution in [1.29, 1.82) is 0 Å². The third-order valence-corrected chi connectivity index (χ3v) is 9.11. The van der Waals surface area contributed by atoms with Gasteiger partial charge in [-0.15, -0.1) is 0 Å². The Morgan fingerprint density at radius 1 is 1.00 bits per heavy atom. The lowest BCUT2D eigenvalue weighted by Crippen LogP contribution is -2.48. The van der Waals surface area contributed by atoms with E-state index < -0.39 is 18.3 Å². The molecule has 0 aromatic heterocycles. The van der Waals surface area contributed by atoms with Crippen LogP contribution in [0.15, 0.2) is 41.5 Å².